The summed E-state index contributed by atoms with van der Waals surface area (Å²) in [6, 6.07) is 10.5. The van der Waals surface area contributed by atoms with Gasteiger partial charge in [0.05, 0.1) is 41.9 Å². The van der Waals surface area contributed by atoms with Crippen LogP contribution in [0.1, 0.15) is 24.1 Å². The van der Waals surface area contributed by atoms with Crippen molar-refractivity contribution in [2.45, 2.75) is 19.1 Å². The number of hydrogen-bond donors (Lipinski definition) is 0. The first kappa shape index (κ1) is 25.7. The predicted octanol–water partition coefficient (Wildman–Crippen LogP) is 5.13. The first-order chi connectivity index (χ1) is 18.6. The van der Waals surface area contributed by atoms with Crippen LogP contribution >= 0.6 is 0 Å². The minimum absolute atomic E-state index is 0.0500. The van der Waals surface area contributed by atoms with Crippen LogP contribution < -0.4 is 9.64 Å². The van der Waals surface area contributed by atoms with Gasteiger partial charge in [-0.2, -0.15) is 28.6 Å². The Morgan fingerprint density at radius 1 is 1.05 bits per heavy atom. The number of fused-ring (bicyclic) bond motifs is 1. The lowest BCUT2D eigenvalue weighted by Gasteiger charge is -2.26. The molecule has 0 aliphatic carbocycles. The monoisotopic (exact) mass is 536 g/mol. The van der Waals surface area contributed by atoms with Crippen LogP contribution in [0.5, 0.6) is 5.75 Å². The molecule has 0 bridgehead atoms. The molecule has 0 spiro atoms. The van der Waals surface area contributed by atoms with E-state index in [1.54, 1.807) is 30.6 Å². The quantitative estimate of drug-likeness (QED) is 0.266. The maximum Gasteiger partial charge on any atom is 0.422 e. The second kappa shape index (κ2) is 10.1. The lowest BCUT2D eigenvalue weighted by atomic mass is 10.0. The van der Waals surface area contributed by atoms with Crippen molar-refractivity contribution in [1.82, 2.24) is 29.4 Å². The third-order valence-corrected chi connectivity index (χ3v) is 6.15. The second-order valence-electron chi connectivity index (χ2n) is 8.70. The van der Waals surface area contributed by atoms with E-state index in [9.17, 15) is 22.8 Å². The van der Waals surface area contributed by atoms with E-state index in [-0.39, 0.29) is 17.4 Å². The van der Waals surface area contributed by atoms with Gasteiger partial charge >= 0.3 is 6.18 Å². The highest BCUT2D eigenvalue weighted by Gasteiger charge is 2.29. The molecule has 0 N–H and O–H groups in total. The van der Waals surface area contributed by atoms with E-state index in [1.807, 2.05) is 24.9 Å². The lowest BCUT2D eigenvalue weighted by Crippen LogP contribution is -2.22. The molecule has 39 heavy (non-hydrogen) atoms. The van der Waals surface area contributed by atoms with Crippen molar-refractivity contribution < 1.29 is 22.3 Å². The van der Waals surface area contributed by atoms with Gasteiger partial charge in [-0.05, 0) is 36.8 Å². The number of alkyl halides is 3. The van der Waals surface area contributed by atoms with E-state index in [0.717, 1.165) is 11.8 Å². The molecule has 0 aliphatic rings. The second-order valence-corrected chi connectivity index (χ2v) is 8.70. The molecule has 5 rings (SSSR count). The van der Waals surface area contributed by atoms with Crippen LogP contribution in [0.3, 0.4) is 0 Å². The zero-order valence-electron chi connectivity index (χ0n) is 20.6. The third kappa shape index (κ3) is 5.35. The number of anilines is 1. The summed E-state index contributed by atoms with van der Waals surface area (Å²) in [7, 11) is 1.86. The fourth-order valence-corrected chi connectivity index (χ4v) is 4.03. The standard InChI is InChI=1S/C26H20F4N8O/c1-16(17-3-6-24(33-9-17)37-13-20(27)12-35-37)36(2)23-5-4-18(10-32-23)22-7-21(39-15-26(28,29)30)14-38-25(22)19(8-31)11-34-38/h3-7,9-14,16H,15H2,1-2H3/t16-/m0/s1. The molecule has 5 aromatic heterocycles. The molecule has 0 radical (unpaired) electrons. The smallest absolute Gasteiger partial charge is 0.422 e. The van der Waals surface area contributed by atoms with Gasteiger partial charge in [-0.25, -0.2) is 23.6 Å². The molecule has 0 amide bonds. The van der Waals surface area contributed by atoms with Gasteiger partial charge in [0.1, 0.15) is 17.6 Å². The molecule has 0 aliphatic heterocycles. The van der Waals surface area contributed by atoms with Crippen LogP contribution in [0.2, 0.25) is 0 Å². The summed E-state index contributed by atoms with van der Waals surface area (Å²) in [5, 5.41) is 17.5. The summed E-state index contributed by atoms with van der Waals surface area (Å²) in [4.78, 5) is 10.8. The molecular formula is C26H20F4N8O. The summed E-state index contributed by atoms with van der Waals surface area (Å²) in [6.07, 6.45) is 3.72. The van der Waals surface area contributed by atoms with E-state index in [1.165, 1.54) is 33.9 Å². The SMILES string of the molecule is C[C@@H](c1ccc(-n2cc(F)cn2)nc1)N(C)c1ccc(-c2cc(OCC(F)(F)F)cn3ncc(C#N)c23)cn1. The summed E-state index contributed by atoms with van der Waals surface area (Å²) >= 11 is 0. The first-order valence-corrected chi connectivity index (χ1v) is 11.6. The molecule has 0 aromatic carbocycles. The molecule has 13 heteroatoms. The van der Waals surface area contributed by atoms with Gasteiger partial charge < -0.3 is 9.64 Å². The van der Waals surface area contributed by atoms with Crippen LogP contribution in [-0.2, 0) is 0 Å². The lowest BCUT2D eigenvalue weighted by molar-refractivity contribution is -0.153. The van der Waals surface area contributed by atoms with Crippen molar-refractivity contribution in [2.75, 3.05) is 18.6 Å². The van der Waals surface area contributed by atoms with Crippen molar-refractivity contribution in [3.05, 3.63) is 84.5 Å². The Bertz CT molecular complexity index is 1650. The van der Waals surface area contributed by atoms with Crippen molar-refractivity contribution in [1.29, 1.82) is 5.26 Å². The number of hydrogen-bond acceptors (Lipinski definition) is 7. The molecule has 0 fully saturated rings. The molecule has 5 aromatic rings. The van der Waals surface area contributed by atoms with Gasteiger partial charge in [0.2, 0.25) is 0 Å². The Morgan fingerprint density at radius 2 is 1.87 bits per heavy atom. The molecule has 1 atom stereocenters. The minimum atomic E-state index is -4.51. The number of halogens is 4. The summed E-state index contributed by atoms with van der Waals surface area (Å²) in [5.41, 5.74) is 2.59. The summed E-state index contributed by atoms with van der Waals surface area (Å²) in [5.74, 6) is 0.594. The first-order valence-electron chi connectivity index (χ1n) is 11.6. The van der Waals surface area contributed by atoms with Crippen LogP contribution in [0.25, 0.3) is 22.5 Å². The maximum atomic E-state index is 13.3. The predicted molar refractivity (Wildman–Crippen MR) is 133 cm³/mol. The van der Waals surface area contributed by atoms with Gasteiger partial charge in [-0.1, -0.05) is 6.07 Å². The zero-order chi connectivity index (χ0) is 27.7. The third-order valence-electron chi connectivity index (χ3n) is 6.15. The van der Waals surface area contributed by atoms with Gasteiger partial charge in [0.25, 0.3) is 0 Å². The fourth-order valence-electron chi connectivity index (χ4n) is 4.03. The van der Waals surface area contributed by atoms with E-state index in [2.05, 4.69) is 26.2 Å². The average Bonchev–Trinajstić information content (AvgIpc) is 3.56. The van der Waals surface area contributed by atoms with Crippen molar-refractivity contribution >= 4 is 11.3 Å². The molecular weight excluding hydrogens is 516 g/mol. The molecule has 0 saturated heterocycles. The Hall–Kier alpha value is -4.99. The Labute approximate surface area is 219 Å². The van der Waals surface area contributed by atoms with Gasteiger partial charge in [0.15, 0.2) is 18.2 Å². The number of pyridine rings is 3. The fraction of sp³-hybridized carbons (Fsp3) is 0.192. The summed E-state index contributed by atoms with van der Waals surface area (Å²) in [6.45, 7) is 0.509. The Morgan fingerprint density at radius 3 is 2.49 bits per heavy atom. The maximum absolute atomic E-state index is 13.3. The topological polar surface area (TPSA) is 97.2 Å². The van der Waals surface area contributed by atoms with Crippen LogP contribution in [-0.4, -0.2) is 49.2 Å². The van der Waals surface area contributed by atoms with Crippen molar-refractivity contribution in [3.8, 4) is 28.8 Å². The number of ether oxygens (including phenoxy) is 1. The van der Waals surface area contributed by atoms with Crippen LogP contribution in [0.15, 0.2) is 67.5 Å². The summed E-state index contributed by atoms with van der Waals surface area (Å²) < 4.78 is 59.0. The van der Waals surface area contributed by atoms with E-state index >= 15 is 0 Å². The largest absolute Gasteiger partial charge is 0.482 e. The Balaban J connectivity index is 1.40. The van der Waals surface area contributed by atoms with Gasteiger partial charge in [0, 0.05) is 30.6 Å². The number of nitrogens with zero attached hydrogens (tertiary/aromatic N) is 8. The highest BCUT2D eigenvalue weighted by atomic mass is 19.4. The number of aromatic nitrogens is 6. The highest BCUT2D eigenvalue weighted by molar-refractivity contribution is 5.85. The highest BCUT2D eigenvalue weighted by Crippen LogP contribution is 2.33. The molecule has 5 heterocycles. The number of nitriles is 1. The van der Waals surface area contributed by atoms with Crippen LogP contribution in [0.4, 0.5) is 23.4 Å². The molecule has 0 unspecified atom stereocenters. The van der Waals surface area contributed by atoms with Crippen molar-refractivity contribution in [2.24, 2.45) is 0 Å². The van der Waals surface area contributed by atoms with E-state index in [0.29, 0.717) is 28.3 Å². The van der Waals surface area contributed by atoms with Crippen molar-refractivity contribution in [3.63, 3.8) is 0 Å². The van der Waals surface area contributed by atoms with E-state index < -0.39 is 18.6 Å². The zero-order valence-corrected chi connectivity index (χ0v) is 20.6. The van der Waals surface area contributed by atoms with E-state index in [4.69, 9.17) is 4.74 Å². The molecule has 198 valence electrons. The normalized spacial score (nSPS) is 12.3. The average molecular weight is 536 g/mol. The van der Waals surface area contributed by atoms with Crippen LogP contribution in [0, 0.1) is 17.1 Å². The number of rotatable bonds is 7. The van der Waals surface area contributed by atoms with Gasteiger partial charge in [-0.3, -0.25) is 0 Å². The van der Waals surface area contributed by atoms with Gasteiger partial charge in [-0.15, -0.1) is 0 Å². The molecule has 9 nitrogen and oxygen atoms in total. The Kier molecular flexibility index (Phi) is 6.61. The minimum Gasteiger partial charge on any atom is -0.482 e. The molecule has 0 saturated carbocycles.